The van der Waals surface area contributed by atoms with Gasteiger partial charge in [-0.2, -0.15) is 5.10 Å². The lowest BCUT2D eigenvalue weighted by atomic mass is 10.2. The van der Waals surface area contributed by atoms with Crippen LogP contribution < -0.4 is 5.32 Å². The summed E-state index contributed by atoms with van der Waals surface area (Å²) in [5.41, 5.74) is 0. The maximum absolute atomic E-state index is 12.4. The van der Waals surface area contributed by atoms with Crippen molar-refractivity contribution in [3.63, 3.8) is 0 Å². The lowest BCUT2D eigenvalue weighted by molar-refractivity contribution is 0.186. The summed E-state index contributed by atoms with van der Waals surface area (Å²) in [4.78, 5) is 15.6. The number of hydrogen-bond acceptors (Lipinski definition) is 3. The molecule has 5 nitrogen and oxygen atoms in total. The van der Waals surface area contributed by atoms with Gasteiger partial charge in [-0.05, 0) is 43.2 Å². The highest BCUT2D eigenvalue weighted by Gasteiger charge is 2.28. The smallest absolute Gasteiger partial charge is 0.317 e. The molecule has 2 heterocycles. The highest BCUT2D eigenvalue weighted by Crippen LogP contribution is 2.19. The fraction of sp³-hybridized carbons (Fsp3) is 0.444. The SMILES string of the molecule is O=C(NCCCSc1ccccc1)N1CCC[C@H]1Cn1cccn1. The summed E-state index contributed by atoms with van der Waals surface area (Å²) in [6.07, 6.45) is 6.84. The summed E-state index contributed by atoms with van der Waals surface area (Å²) in [6.45, 7) is 2.35. The first kappa shape index (κ1) is 16.9. The van der Waals surface area contributed by atoms with Crippen molar-refractivity contribution in [2.45, 2.75) is 36.7 Å². The Morgan fingerprint density at radius 1 is 1.29 bits per heavy atom. The van der Waals surface area contributed by atoms with E-state index >= 15 is 0 Å². The second kappa shape index (κ2) is 8.78. The van der Waals surface area contributed by atoms with Crippen LogP contribution in [-0.2, 0) is 6.54 Å². The van der Waals surface area contributed by atoms with Crippen LogP contribution in [0.2, 0.25) is 0 Å². The van der Waals surface area contributed by atoms with E-state index in [1.165, 1.54) is 4.90 Å². The maximum atomic E-state index is 12.4. The van der Waals surface area contributed by atoms with Crippen LogP contribution in [0.3, 0.4) is 0 Å². The minimum absolute atomic E-state index is 0.0642. The molecule has 0 aliphatic carbocycles. The van der Waals surface area contributed by atoms with Crippen molar-refractivity contribution in [3.05, 3.63) is 48.8 Å². The van der Waals surface area contributed by atoms with Gasteiger partial charge in [-0.25, -0.2) is 4.79 Å². The molecule has 24 heavy (non-hydrogen) atoms. The average Bonchev–Trinajstić information content (AvgIpc) is 3.28. The molecule has 1 aromatic heterocycles. The predicted molar refractivity (Wildman–Crippen MR) is 97.1 cm³/mol. The standard InChI is InChI=1S/C18H24N4OS/c23-18(19-10-6-14-24-17-8-2-1-3-9-17)22-13-4-7-16(22)15-21-12-5-11-20-21/h1-3,5,8-9,11-12,16H,4,6-7,10,13-15H2,(H,19,23)/t16-/m0/s1. The molecule has 1 aliphatic rings. The van der Waals surface area contributed by atoms with E-state index in [1.807, 2.05) is 39.7 Å². The highest BCUT2D eigenvalue weighted by molar-refractivity contribution is 7.99. The molecule has 0 unspecified atom stereocenters. The van der Waals surface area contributed by atoms with Gasteiger partial charge in [-0.3, -0.25) is 4.68 Å². The van der Waals surface area contributed by atoms with Crippen molar-refractivity contribution in [1.82, 2.24) is 20.0 Å². The van der Waals surface area contributed by atoms with Crippen LogP contribution in [0.4, 0.5) is 4.79 Å². The summed E-state index contributed by atoms with van der Waals surface area (Å²) in [5.74, 6) is 1.01. The lowest BCUT2D eigenvalue weighted by Gasteiger charge is -2.25. The quantitative estimate of drug-likeness (QED) is 0.620. The molecule has 1 saturated heterocycles. The van der Waals surface area contributed by atoms with Crippen molar-refractivity contribution in [3.8, 4) is 0 Å². The molecule has 0 bridgehead atoms. The molecule has 1 aromatic carbocycles. The van der Waals surface area contributed by atoms with E-state index < -0.39 is 0 Å². The fourth-order valence-corrected chi connectivity index (χ4v) is 3.87. The van der Waals surface area contributed by atoms with Crippen molar-refractivity contribution in [2.24, 2.45) is 0 Å². The number of amides is 2. The van der Waals surface area contributed by atoms with E-state index in [0.29, 0.717) is 0 Å². The van der Waals surface area contributed by atoms with Crippen LogP contribution in [0.1, 0.15) is 19.3 Å². The van der Waals surface area contributed by atoms with Gasteiger partial charge in [0.25, 0.3) is 0 Å². The van der Waals surface area contributed by atoms with E-state index in [-0.39, 0.29) is 12.1 Å². The van der Waals surface area contributed by atoms with E-state index in [1.54, 1.807) is 6.20 Å². The molecular weight excluding hydrogens is 320 g/mol. The Morgan fingerprint density at radius 3 is 2.96 bits per heavy atom. The molecule has 2 amide bonds. The third kappa shape index (κ3) is 4.77. The van der Waals surface area contributed by atoms with Gasteiger partial charge in [0.2, 0.25) is 0 Å². The molecule has 2 aromatic rings. The normalized spacial score (nSPS) is 17.2. The van der Waals surface area contributed by atoms with Crippen molar-refractivity contribution in [1.29, 1.82) is 0 Å². The molecule has 1 fully saturated rings. The molecule has 1 N–H and O–H groups in total. The molecule has 0 spiro atoms. The lowest BCUT2D eigenvalue weighted by Crippen LogP contribution is -2.44. The zero-order chi connectivity index (χ0) is 16.6. The summed E-state index contributed by atoms with van der Waals surface area (Å²) in [5, 5.41) is 7.31. The molecule has 0 radical (unpaired) electrons. The Labute approximate surface area is 147 Å². The third-order valence-corrected chi connectivity index (χ3v) is 5.30. The first-order valence-corrected chi connectivity index (χ1v) is 9.51. The van der Waals surface area contributed by atoms with Gasteiger partial charge in [-0.1, -0.05) is 18.2 Å². The molecule has 6 heteroatoms. The summed E-state index contributed by atoms with van der Waals surface area (Å²) < 4.78 is 1.91. The van der Waals surface area contributed by atoms with Crippen molar-refractivity contribution >= 4 is 17.8 Å². The van der Waals surface area contributed by atoms with Gasteiger partial charge in [0.15, 0.2) is 0 Å². The van der Waals surface area contributed by atoms with Crippen LogP contribution in [0.5, 0.6) is 0 Å². The number of hydrogen-bond donors (Lipinski definition) is 1. The summed E-state index contributed by atoms with van der Waals surface area (Å²) in [6, 6.07) is 12.6. The van der Waals surface area contributed by atoms with Crippen LogP contribution in [-0.4, -0.2) is 45.6 Å². The Morgan fingerprint density at radius 2 is 2.17 bits per heavy atom. The number of aromatic nitrogens is 2. The van der Waals surface area contributed by atoms with Crippen LogP contribution >= 0.6 is 11.8 Å². The highest BCUT2D eigenvalue weighted by atomic mass is 32.2. The molecule has 128 valence electrons. The zero-order valence-corrected chi connectivity index (χ0v) is 14.6. The number of nitrogens with one attached hydrogen (secondary N) is 1. The number of urea groups is 1. The molecule has 3 rings (SSSR count). The molecular formula is C18H24N4OS. The summed E-state index contributed by atoms with van der Waals surface area (Å²) >= 11 is 1.83. The minimum atomic E-state index is 0.0642. The first-order chi connectivity index (χ1) is 11.8. The predicted octanol–water partition coefficient (Wildman–Crippen LogP) is 3.24. The fourth-order valence-electron chi connectivity index (χ4n) is 2.99. The monoisotopic (exact) mass is 344 g/mol. The Bertz CT molecular complexity index is 617. The van der Waals surface area contributed by atoms with E-state index in [9.17, 15) is 4.79 Å². The molecule has 1 atom stereocenters. The Hall–Kier alpha value is -1.95. The van der Waals surface area contributed by atoms with E-state index in [2.05, 4.69) is 34.7 Å². The second-order valence-electron chi connectivity index (χ2n) is 5.96. The van der Waals surface area contributed by atoms with E-state index in [4.69, 9.17) is 0 Å². The number of nitrogens with zero attached hydrogens (tertiary/aromatic N) is 3. The van der Waals surface area contributed by atoms with Crippen LogP contribution in [0, 0.1) is 0 Å². The molecule has 0 saturated carbocycles. The average molecular weight is 344 g/mol. The first-order valence-electron chi connectivity index (χ1n) is 8.52. The number of likely N-dealkylation sites (tertiary alicyclic amines) is 1. The Balaban J connectivity index is 1.36. The van der Waals surface area contributed by atoms with E-state index in [0.717, 1.165) is 44.6 Å². The second-order valence-corrected chi connectivity index (χ2v) is 7.13. The van der Waals surface area contributed by atoms with Crippen LogP contribution in [0.15, 0.2) is 53.7 Å². The number of benzene rings is 1. The third-order valence-electron chi connectivity index (χ3n) is 4.20. The van der Waals surface area contributed by atoms with Crippen LogP contribution in [0.25, 0.3) is 0 Å². The topological polar surface area (TPSA) is 50.2 Å². The van der Waals surface area contributed by atoms with Crippen molar-refractivity contribution in [2.75, 3.05) is 18.8 Å². The van der Waals surface area contributed by atoms with Gasteiger partial charge >= 0.3 is 6.03 Å². The maximum Gasteiger partial charge on any atom is 0.317 e. The number of carbonyl (C=O) groups is 1. The Kier molecular flexibility index (Phi) is 6.18. The summed E-state index contributed by atoms with van der Waals surface area (Å²) in [7, 11) is 0. The minimum Gasteiger partial charge on any atom is -0.338 e. The number of rotatable bonds is 7. The van der Waals surface area contributed by atoms with Gasteiger partial charge in [0, 0.05) is 30.4 Å². The van der Waals surface area contributed by atoms with Gasteiger partial charge < -0.3 is 10.2 Å². The number of thioether (sulfide) groups is 1. The number of carbonyl (C=O) groups excluding carboxylic acids is 1. The van der Waals surface area contributed by atoms with Crippen molar-refractivity contribution < 1.29 is 4.79 Å². The van der Waals surface area contributed by atoms with Gasteiger partial charge in [-0.15, -0.1) is 11.8 Å². The molecule has 1 aliphatic heterocycles. The zero-order valence-electron chi connectivity index (χ0n) is 13.8. The largest absolute Gasteiger partial charge is 0.338 e. The van der Waals surface area contributed by atoms with Gasteiger partial charge in [0.05, 0.1) is 12.6 Å². The van der Waals surface area contributed by atoms with Gasteiger partial charge in [0.1, 0.15) is 0 Å².